The van der Waals surface area contributed by atoms with Crippen LogP contribution >= 0.6 is 35.0 Å². The predicted octanol–water partition coefficient (Wildman–Crippen LogP) is 7.51. The van der Waals surface area contributed by atoms with Crippen LogP contribution in [-0.4, -0.2) is 16.0 Å². The van der Waals surface area contributed by atoms with Crippen molar-refractivity contribution in [2.24, 2.45) is 0 Å². The number of halogens is 5. The number of hydrogen-bond acceptors (Lipinski definition) is 4. The summed E-state index contributed by atoms with van der Waals surface area (Å²) in [5.74, 6) is -0.129. The second-order valence-corrected chi connectivity index (χ2v) is 8.56. The van der Waals surface area contributed by atoms with Gasteiger partial charge in [0.15, 0.2) is 0 Å². The quantitative estimate of drug-likeness (QED) is 0.350. The van der Waals surface area contributed by atoms with Crippen molar-refractivity contribution in [3.8, 4) is 11.3 Å². The molecule has 164 valence electrons. The predicted molar refractivity (Wildman–Crippen MR) is 117 cm³/mol. The van der Waals surface area contributed by atoms with E-state index < -0.39 is 22.9 Å². The van der Waals surface area contributed by atoms with Gasteiger partial charge in [-0.2, -0.15) is 13.2 Å². The number of amides is 2. The van der Waals surface area contributed by atoms with E-state index in [0.29, 0.717) is 15.6 Å². The average Bonchev–Trinajstić information content (AvgIpc) is 3.30. The Morgan fingerprint density at radius 2 is 1.69 bits per heavy atom. The maximum Gasteiger partial charge on any atom is 0.416 e. The molecule has 32 heavy (non-hydrogen) atoms. The molecule has 1 aliphatic rings. The number of nitrogens with zero attached hydrogens (tertiary/aromatic N) is 1. The van der Waals surface area contributed by atoms with Gasteiger partial charge < -0.3 is 4.42 Å². The Bertz CT molecular complexity index is 1230. The number of alkyl halides is 3. The fourth-order valence-electron chi connectivity index (χ4n) is 3.04. The normalized spacial score (nSPS) is 15.8. The van der Waals surface area contributed by atoms with E-state index in [9.17, 15) is 22.8 Å². The third kappa shape index (κ3) is 4.57. The van der Waals surface area contributed by atoms with Gasteiger partial charge in [-0.1, -0.05) is 41.4 Å². The molecule has 0 radical (unpaired) electrons. The van der Waals surface area contributed by atoms with E-state index >= 15 is 0 Å². The third-order valence-electron chi connectivity index (χ3n) is 4.63. The second kappa shape index (κ2) is 8.69. The lowest BCUT2D eigenvalue weighted by atomic mass is 10.1. The molecule has 0 spiro atoms. The van der Waals surface area contributed by atoms with Crippen LogP contribution in [0.15, 0.2) is 63.9 Å². The first-order valence-electron chi connectivity index (χ1n) is 9.09. The van der Waals surface area contributed by atoms with Crippen molar-refractivity contribution in [1.29, 1.82) is 0 Å². The number of carbonyl (C=O) groups excluding carboxylic acids is 2. The van der Waals surface area contributed by atoms with Crippen LogP contribution in [0, 0.1) is 0 Å². The minimum absolute atomic E-state index is 0.0891. The van der Waals surface area contributed by atoms with Crippen LogP contribution in [0.25, 0.3) is 17.4 Å². The van der Waals surface area contributed by atoms with Crippen molar-refractivity contribution in [2.45, 2.75) is 12.7 Å². The van der Waals surface area contributed by atoms with Crippen LogP contribution in [0.2, 0.25) is 10.0 Å². The third-order valence-corrected chi connectivity index (χ3v) is 6.24. The summed E-state index contributed by atoms with van der Waals surface area (Å²) in [7, 11) is 0. The molecule has 4 nitrogen and oxygen atoms in total. The van der Waals surface area contributed by atoms with Crippen molar-refractivity contribution in [3.05, 3.63) is 86.4 Å². The minimum Gasteiger partial charge on any atom is -0.457 e. The van der Waals surface area contributed by atoms with Crippen LogP contribution < -0.4 is 0 Å². The van der Waals surface area contributed by atoms with Gasteiger partial charge in [0.05, 0.1) is 17.0 Å². The number of carbonyl (C=O) groups is 2. The number of imide groups is 1. The Hall–Kier alpha value is -2.68. The Morgan fingerprint density at radius 3 is 2.38 bits per heavy atom. The van der Waals surface area contributed by atoms with E-state index in [-0.39, 0.29) is 28.5 Å². The van der Waals surface area contributed by atoms with E-state index in [2.05, 4.69) is 0 Å². The molecule has 0 unspecified atom stereocenters. The highest BCUT2D eigenvalue weighted by molar-refractivity contribution is 8.18. The Morgan fingerprint density at radius 1 is 1.00 bits per heavy atom. The zero-order chi connectivity index (χ0) is 23.0. The van der Waals surface area contributed by atoms with E-state index in [0.717, 1.165) is 28.8 Å². The monoisotopic (exact) mass is 497 g/mol. The summed E-state index contributed by atoms with van der Waals surface area (Å²) in [6.45, 7) is -0.0891. The lowest BCUT2D eigenvalue weighted by Gasteiger charge is -2.14. The van der Waals surface area contributed by atoms with Gasteiger partial charge in [0.2, 0.25) is 0 Å². The van der Waals surface area contributed by atoms with Gasteiger partial charge >= 0.3 is 6.18 Å². The van der Waals surface area contributed by atoms with Gasteiger partial charge in [0, 0.05) is 27.2 Å². The molecule has 0 saturated carbocycles. The highest BCUT2D eigenvalue weighted by atomic mass is 35.5. The fraction of sp³-hybridized carbons (Fsp3) is 0.0909. The summed E-state index contributed by atoms with van der Waals surface area (Å²) in [5, 5.41) is 0.163. The molecule has 0 N–H and O–H groups in total. The number of furan rings is 1. The first-order chi connectivity index (χ1) is 15.1. The molecular weight excluding hydrogens is 486 g/mol. The van der Waals surface area contributed by atoms with Crippen molar-refractivity contribution in [3.63, 3.8) is 0 Å². The van der Waals surface area contributed by atoms with E-state index in [4.69, 9.17) is 27.6 Å². The first kappa shape index (κ1) is 22.5. The summed E-state index contributed by atoms with van der Waals surface area (Å²) >= 11 is 13.0. The topological polar surface area (TPSA) is 50.5 Å². The Kier molecular flexibility index (Phi) is 6.11. The van der Waals surface area contributed by atoms with E-state index in [1.54, 1.807) is 18.2 Å². The highest BCUT2D eigenvalue weighted by Gasteiger charge is 2.36. The van der Waals surface area contributed by atoms with Gasteiger partial charge in [-0.25, -0.2) is 0 Å². The molecular formula is C22H12Cl2F3NO3S. The van der Waals surface area contributed by atoms with Gasteiger partial charge in [0.1, 0.15) is 11.5 Å². The molecule has 2 amide bonds. The standard InChI is InChI=1S/C22H12Cl2F3NO3S/c23-16-5-2-6-17(24)15(16)11-28-20(29)19(32-21(28)30)10-14-7-8-18(31-14)12-3-1-4-13(9-12)22(25,26)27/h1-10H,11H2/b19-10+. The molecule has 1 aromatic heterocycles. The summed E-state index contributed by atoms with van der Waals surface area (Å²) in [5.41, 5.74) is -0.113. The average molecular weight is 498 g/mol. The molecule has 4 rings (SSSR count). The summed E-state index contributed by atoms with van der Waals surface area (Å²) in [4.78, 5) is 26.2. The minimum atomic E-state index is -4.48. The summed E-state index contributed by atoms with van der Waals surface area (Å²) < 4.78 is 44.4. The molecule has 0 aliphatic carbocycles. The number of rotatable bonds is 4. The molecule has 1 aliphatic heterocycles. The molecule has 2 aromatic carbocycles. The molecule has 1 fully saturated rings. The maximum absolute atomic E-state index is 12.9. The number of thioether (sulfide) groups is 1. The second-order valence-electron chi connectivity index (χ2n) is 6.75. The van der Waals surface area contributed by atoms with Crippen LogP contribution in [0.1, 0.15) is 16.9 Å². The van der Waals surface area contributed by atoms with E-state index in [1.165, 1.54) is 30.3 Å². The smallest absolute Gasteiger partial charge is 0.416 e. The zero-order valence-electron chi connectivity index (χ0n) is 16.0. The molecule has 2 heterocycles. The number of benzene rings is 2. The van der Waals surface area contributed by atoms with Gasteiger partial charge in [-0.15, -0.1) is 0 Å². The van der Waals surface area contributed by atoms with Gasteiger partial charge in [-0.3, -0.25) is 14.5 Å². The van der Waals surface area contributed by atoms with Gasteiger partial charge in [0.25, 0.3) is 11.1 Å². The summed E-state index contributed by atoms with van der Waals surface area (Å²) in [6.07, 6.45) is -3.11. The first-order valence-corrected chi connectivity index (χ1v) is 10.7. The molecule has 10 heteroatoms. The fourth-order valence-corrected chi connectivity index (χ4v) is 4.38. The van der Waals surface area contributed by atoms with Crippen molar-refractivity contribution in [2.75, 3.05) is 0 Å². The van der Waals surface area contributed by atoms with Crippen LogP contribution in [-0.2, 0) is 17.5 Å². The van der Waals surface area contributed by atoms with Crippen LogP contribution in [0.5, 0.6) is 0 Å². The highest BCUT2D eigenvalue weighted by Crippen LogP contribution is 2.37. The molecule has 1 saturated heterocycles. The number of hydrogen-bond donors (Lipinski definition) is 0. The molecule has 0 bridgehead atoms. The van der Waals surface area contributed by atoms with Crippen molar-refractivity contribution >= 4 is 52.2 Å². The van der Waals surface area contributed by atoms with Crippen molar-refractivity contribution < 1.29 is 27.2 Å². The summed E-state index contributed by atoms with van der Waals surface area (Å²) in [6, 6.07) is 12.6. The Labute approximate surface area is 194 Å². The largest absolute Gasteiger partial charge is 0.457 e. The maximum atomic E-state index is 12.9. The Balaban J connectivity index is 1.56. The SMILES string of the molecule is O=C1S/C(=C/c2ccc(-c3cccc(C(F)(F)F)c3)o2)C(=O)N1Cc1c(Cl)cccc1Cl. The lowest BCUT2D eigenvalue weighted by molar-refractivity contribution is -0.137. The van der Waals surface area contributed by atoms with Crippen molar-refractivity contribution in [1.82, 2.24) is 4.90 Å². The van der Waals surface area contributed by atoms with Gasteiger partial charge in [-0.05, 0) is 48.2 Å². The lowest BCUT2D eigenvalue weighted by Crippen LogP contribution is -2.27. The molecule has 3 aromatic rings. The zero-order valence-corrected chi connectivity index (χ0v) is 18.3. The van der Waals surface area contributed by atoms with Crippen LogP contribution in [0.3, 0.4) is 0 Å². The van der Waals surface area contributed by atoms with Crippen LogP contribution in [0.4, 0.5) is 18.0 Å². The van der Waals surface area contributed by atoms with E-state index in [1.807, 2.05) is 0 Å². The molecule has 0 atom stereocenters.